The van der Waals surface area contributed by atoms with E-state index in [1.54, 1.807) is 0 Å². The van der Waals surface area contributed by atoms with Gasteiger partial charge in [-0.2, -0.15) is 0 Å². The first-order chi connectivity index (χ1) is 9.07. The SMILES string of the molecule is COC(=O)c1cc(S(=O)(=O)NCC(C)(C)C)ccc1O. The lowest BCUT2D eigenvalue weighted by Crippen LogP contribution is -2.32. The lowest BCUT2D eigenvalue weighted by molar-refractivity contribution is 0.0597. The van der Waals surface area contributed by atoms with Crippen molar-refractivity contribution in [3.8, 4) is 5.75 Å². The van der Waals surface area contributed by atoms with Crippen LogP contribution in [0, 0.1) is 5.41 Å². The maximum atomic E-state index is 12.1. The molecule has 0 aliphatic rings. The molecule has 20 heavy (non-hydrogen) atoms. The quantitative estimate of drug-likeness (QED) is 0.822. The zero-order valence-electron chi connectivity index (χ0n) is 11.9. The standard InChI is InChI=1S/C13H19NO5S/c1-13(2,3)8-14-20(17,18)9-5-6-11(15)10(7-9)12(16)19-4/h5-7,14-15H,8H2,1-4H3. The summed E-state index contributed by atoms with van der Waals surface area (Å²) in [5.74, 6) is -1.12. The summed E-state index contributed by atoms with van der Waals surface area (Å²) in [6.07, 6.45) is 0. The number of benzene rings is 1. The second-order valence-corrected chi connectivity index (χ2v) is 7.32. The van der Waals surface area contributed by atoms with E-state index in [1.165, 1.54) is 6.07 Å². The Balaban J connectivity index is 3.11. The van der Waals surface area contributed by atoms with E-state index in [4.69, 9.17) is 0 Å². The molecule has 2 N–H and O–H groups in total. The largest absolute Gasteiger partial charge is 0.507 e. The minimum Gasteiger partial charge on any atom is -0.507 e. The van der Waals surface area contributed by atoms with Crippen LogP contribution >= 0.6 is 0 Å². The summed E-state index contributed by atoms with van der Waals surface area (Å²) < 4.78 is 31.2. The van der Waals surface area contributed by atoms with Gasteiger partial charge in [-0.25, -0.2) is 17.9 Å². The average Bonchev–Trinajstić information content (AvgIpc) is 2.35. The molecule has 0 radical (unpaired) electrons. The van der Waals surface area contributed by atoms with E-state index < -0.39 is 16.0 Å². The molecular formula is C13H19NO5S. The van der Waals surface area contributed by atoms with E-state index in [0.29, 0.717) is 0 Å². The van der Waals surface area contributed by atoms with Crippen molar-refractivity contribution in [3.05, 3.63) is 23.8 Å². The minimum absolute atomic E-state index is 0.0973. The predicted molar refractivity (Wildman–Crippen MR) is 74.1 cm³/mol. The second kappa shape index (κ2) is 5.80. The van der Waals surface area contributed by atoms with Crippen LogP contribution in [0.25, 0.3) is 0 Å². The second-order valence-electron chi connectivity index (χ2n) is 5.56. The fourth-order valence-corrected chi connectivity index (χ4v) is 2.66. The maximum absolute atomic E-state index is 12.1. The van der Waals surface area contributed by atoms with Gasteiger partial charge in [-0.15, -0.1) is 0 Å². The number of aromatic hydroxyl groups is 1. The Morgan fingerprint density at radius 3 is 2.45 bits per heavy atom. The fourth-order valence-electron chi connectivity index (χ4n) is 1.35. The Kier molecular flexibility index (Phi) is 4.77. The van der Waals surface area contributed by atoms with E-state index in [1.807, 2.05) is 20.8 Å². The molecule has 0 amide bonds. The monoisotopic (exact) mass is 301 g/mol. The van der Waals surface area contributed by atoms with Crippen molar-refractivity contribution in [3.63, 3.8) is 0 Å². The molecule has 1 aromatic carbocycles. The van der Waals surface area contributed by atoms with Gasteiger partial charge >= 0.3 is 5.97 Å². The number of methoxy groups -OCH3 is 1. The first-order valence-corrected chi connectivity index (χ1v) is 7.46. The van der Waals surface area contributed by atoms with Gasteiger partial charge in [0.15, 0.2) is 0 Å². The van der Waals surface area contributed by atoms with E-state index in [2.05, 4.69) is 9.46 Å². The third kappa shape index (κ3) is 4.21. The van der Waals surface area contributed by atoms with E-state index in [9.17, 15) is 18.3 Å². The van der Waals surface area contributed by atoms with Crippen molar-refractivity contribution >= 4 is 16.0 Å². The van der Waals surface area contributed by atoms with Crippen LogP contribution in [0.5, 0.6) is 5.75 Å². The smallest absolute Gasteiger partial charge is 0.341 e. The van der Waals surface area contributed by atoms with Gasteiger partial charge in [0.05, 0.1) is 12.0 Å². The van der Waals surface area contributed by atoms with Gasteiger partial charge in [-0.3, -0.25) is 0 Å². The molecule has 0 unspecified atom stereocenters. The number of phenolic OH excluding ortho intramolecular Hbond substituents is 1. The Bertz CT molecular complexity index is 602. The van der Waals surface area contributed by atoms with Crippen molar-refractivity contribution in [1.82, 2.24) is 4.72 Å². The zero-order valence-corrected chi connectivity index (χ0v) is 12.7. The van der Waals surface area contributed by atoms with Gasteiger partial charge in [0.2, 0.25) is 10.0 Å². The number of ether oxygens (including phenoxy) is 1. The van der Waals surface area contributed by atoms with Crippen molar-refractivity contribution in [2.24, 2.45) is 5.41 Å². The molecular weight excluding hydrogens is 282 g/mol. The highest BCUT2D eigenvalue weighted by Crippen LogP contribution is 2.22. The topological polar surface area (TPSA) is 92.7 Å². The van der Waals surface area contributed by atoms with Gasteiger partial charge < -0.3 is 9.84 Å². The van der Waals surface area contributed by atoms with Gasteiger partial charge in [0.1, 0.15) is 11.3 Å². The Morgan fingerprint density at radius 1 is 1.35 bits per heavy atom. The van der Waals surface area contributed by atoms with Crippen LogP contribution in [0.2, 0.25) is 0 Å². The summed E-state index contributed by atoms with van der Waals surface area (Å²) >= 11 is 0. The molecule has 0 bridgehead atoms. The van der Waals surface area contributed by atoms with Crippen LogP contribution in [0.15, 0.2) is 23.1 Å². The number of hydrogen-bond acceptors (Lipinski definition) is 5. The van der Waals surface area contributed by atoms with E-state index >= 15 is 0 Å². The van der Waals surface area contributed by atoms with Crippen LogP contribution in [0.4, 0.5) is 0 Å². The molecule has 0 atom stereocenters. The van der Waals surface area contributed by atoms with Gasteiger partial charge in [-0.1, -0.05) is 20.8 Å². The Hall–Kier alpha value is -1.60. The number of carbonyl (C=O) groups excluding carboxylic acids is 1. The molecule has 0 spiro atoms. The molecule has 0 saturated heterocycles. The van der Waals surface area contributed by atoms with Crippen molar-refractivity contribution < 1.29 is 23.1 Å². The van der Waals surface area contributed by atoms with Crippen LogP contribution in [-0.2, 0) is 14.8 Å². The molecule has 0 aromatic heterocycles. The summed E-state index contributed by atoms with van der Waals surface area (Å²) in [7, 11) is -2.59. The molecule has 0 heterocycles. The minimum atomic E-state index is -3.74. The lowest BCUT2D eigenvalue weighted by Gasteiger charge is -2.19. The maximum Gasteiger partial charge on any atom is 0.341 e. The third-order valence-electron chi connectivity index (χ3n) is 2.48. The van der Waals surface area contributed by atoms with Gasteiger partial charge in [-0.05, 0) is 23.6 Å². The summed E-state index contributed by atoms with van der Waals surface area (Å²) in [6.45, 7) is 5.94. The number of phenols is 1. The van der Waals surface area contributed by atoms with E-state index in [-0.39, 0.29) is 28.2 Å². The zero-order chi connectivity index (χ0) is 15.6. The highest BCUT2D eigenvalue weighted by molar-refractivity contribution is 7.89. The molecule has 112 valence electrons. The number of carbonyl (C=O) groups is 1. The van der Waals surface area contributed by atoms with Crippen molar-refractivity contribution in [2.75, 3.05) is 13.7 Å². The molecule has 0 aliphatic carbocycles. The predicted octanol–water partition coefficient (Wildman–Crippen LogP) is 1.50. The van der Waals surface area contributed by atoms with Crippen LogP contribution in [0.3, 0.4) is 0 Å². The first-order valence-electron chi connectivity index (χ1n) is 5.98. The summed E-state index contributed by atoms with van der Waals surface area (Å²) in [5.41, 5.74) is -0.402. The average molecular weight is 301 g/mol. The van der Waals surface area contributed by atoms with Gasteiger partial charge in [0, 0.05) is 6.54 Å². The number of esters is 1. The molecule has 0 saturated carbocycles. The highest BCUT2D eigenvalue weighted by Gasteiger charge is 2.21. The molecule has 0 fully saturated rings. The number of hydrogen-bond donors (Lipinski definition) is 2. The van der Waals surface area contributed by atoms with Gasteiger partial charge in [0.25, 0.3) is 0 Å². The number of sulfonamides is 1. The van der Waals surface area contributed by atoms with E-state index in [0.717, 1.165) is 19.2 Å². The molecule has 7 heteroatoms. The molecule has 1 rings (SSSR count). The van der Waals surface area contributed by atoms with Crippen LogP contribution in [-0.4, -0.2) is 33.1 Å². The summed E-state index contributed by atoms with van der Waals surface area (Å²) in [4.78, 5) is 11.3. The molecule has 1 aromatic rings. The normalized spacial score (nSPS) is 12.2. The summed E-state index contributed by atoms with van der Waals surface area (Å²) in [6, 6.07) is 3.47. The van der Waals surface area contributed by atoms with Crippen LogP contribution in [0.1, 0.15) is 31.1 Å². The molecule has 0 aliphatic heterocycles. The lowest BCUT2D eigenvalue weighted by atomic mass is 9.98. The Labute approximate surface area is 118 Å². The highest BCUT2D eigenvalue weighted by atomic mass is 32.2. The number of nitrogens with one attached hydrogen (secondary N) is 1. The number of rotatable bonds is 4. The van der Waals surface area contributed by atoms with Crippen LogP contribution < -0.4 is 4.72 Å². The summed E-state index contributed by atoms with van der Waals surface area (Å²) in [5, 5.41) is 9.55. The van der Waals surface area contributed by atoms with Crippen molar-refractivity contribution in [2.45, 2.75) is 25.7 Å². The molecule has 6 nitrogen and oxygen atoms in total. The fraction of sp³-hybridized carbons (Fsp3) is 0.462. The third-order valence-corrected chi connectivity index (χ3v) is 3.88. The van der Waals surface area contributed by atoms with Crippen molar-refractivity contribution in [1.29, 1.82) is 0 Å². The first kappa shape index (κ1) is 16.5. The Morgan fingerprint density at radius 2 is 1.95 bits per heavy atom.